The van der Waals surface area contributed by atoms with Gasteiger partial charge in [0, 0.05) is 5.56 Å². The number of hydrogen-bond donors (Lipinski definition) is 0. The van der Waals surface area contributed by atoms with E-state index >= 15 is 0 Å². The average molecular weight is 428 g/mol. The van der Waals surface area contributed by atoms with E-state index in [1.807, 2.05) is 97.1 Å². The first kappa shape index (κ1) is 20.3. The molecular formula is C29H20N2O2. The summed E-state index contributed by atoms with van der Waals surface area (Å²) in [5.74, 6) is 0.246. The van der Waals surface area contributed by atoms with Crippen molar-refractivity contribution in [2.75, 3.05) is 0 Å². The van der Waals surface area contributed by atoms with E-state index in [1.165, 1.54) is 10.6 Å². The molecular weight excluding hydrogens is 408 g/mol. The molecule has 0 atom stereocenters. The maximum absolute atomic E-state index is 13.2. The Hall–Kier alpha value is -4.57. The number of carbonyl (C=O) groups is 1. The van der Waals surface area contributed by atoms with E-state index in [0.29, 0.717) is 28.0 Å². The van der Waals surface area contributed by atoms with Crippen LogP contribution < -0.4 is 5.56 Å². The fourth-order valence-corrected chi connectivity index (χ4v) is 3.79. The number of aromatic nitrogens is 2. The predicted molar refractivity (Wildman–Crippen MR) is 133 cm³/mol. The lowest BCUT2D eigenvalue weighted by atomic mass is 10.0. The Morgan fingerprint density at radius 2 is 1.30 bits per heavy atom. The number of benzene rings is 4. The SMILES string of the molecule is O=C(/C=C/c1nc2ccccc2c(=O)n1-c1ccccc1)c1ccc(-c2ccccc2)cc1. The molecule has 5 aromatic rings. The predicted octanol–water partition coefficient (Wildman–Crippen LogP) is 5.95. The van der Waals surface area contributed by atoms with Crippen molar-refractivity contribution >= 4 is 22.8 Å². The first-order valence-corrected chi connectivity index (χ1v) is 10.7. The maximum Gasteiger partial charge on any atom is 0.266 e. The lowest BCUT2D eigenvalue weighted by Gasteiger charge is -2.11. The highest BCUT2D eigenvalue weighted by Gasteiger charge is 2.11. The molecule has 1 heterocycles. The van der Waals surface area contributed by atoms with Gasteiger partial charge in [-0.25, -0.2) is 4.98 Å². The lowest BCUT2D eigenvalue weighted by Crippen LogP contribution is -2.22. The Labute approximate surface area is 191 Å². The van der Waals surface area contributed by atoms with E-state index < -0.39 is 0 Å². The molecule has 4 nitrogen and oxygen atoms in total. The summed E-state index contributed by atoms with van der Waals surface area (Å²) < 4.78 is 1.53. The Morgan fingerprint density at radius 1 is 0.697 bits per heavy atom. The van der Waals surface area contributed by atoms with Crippen LogP contribution >= 0.6 is 0 Å². The van der Waals surface area contributed by atoms with Crippen LogP contribution in [-0.2, 0) is 0 Å². The van der Waals surface area contributed by atoms with Crippen molar-refractivity contribution in [3.05, 3.63) is 137 Å². The normalized spacial score (nSPS) is 11.2. The third kappa shape index (κ3) is 4.14. The molecule has 1 aromatic heterocycles. The molecule has 0 amide bonds. The van der Waals surface area contributed by atoms with Crippen LogP contribution in [-0.4, -0.2) is 15.3 Å². The number of hydrogen-bond acceptors (Lipinski definition) is 3. The van der Waals surface area contributed by atoms with Gasteiger partial charge in [0.25, 0.3) is 5.56 Å². The molecule has 0 bridgehead atoms. The molecule has 0 unspecified atom stereocenters. The summed E-state index contributed by atoms with van der Waals surface area (Å²) in [4.78, 5) is 30.8. The summed E-state index contributed by atoms with van der Waals surface area (Å²) in [5, 5.41) is 0.529. The Morgan fingerprint density at radius 3 is 2.03 bits per heavy atom. The van der Waals surface area contributed by atoms with Gasteiger partial charge in [0.05, 0.1) is 16.6 Å². The molecule has 5 rings (SSSR count). The van der Waals surface area contributed by atoms with Crippen LogP contribution in [0.1, 0.15) is 16.2 Å². The van der Waals surface area contributed by atoms with Crippen molar-refractivity contribution in [1.82, 2.24) is 9.55 Å². The zero-order chi connectivity index (χ0) is 22.6. The van der Waals surface area contributed by atoms with Crippen LogP contribution in [0.15, 0.2) is 120 Å². The minimum absolute atomic E-state index is 0.156. The molecule has 0 saturated heterocycles. The zero-order valence-corrected chi connectivity index (χ0v) is 17.8. The van der Waals surface area contributed by atoms with E-state index in [4.69, 9.17) is 0 Å². The van der Waals surface area contributed by atoms with Crippen LogP contribution in [0, 0.1) is 0 Å². The lowest BCUT2D eigenvalue weighted by molar-refractivity contribution is 0.104. The summed E-state index contributed by atoms with van der Waals surface area (Å²) in [6.07, 6.45) is 3.07. The average Bonchev–Trinajstić information content (AvgIpc) is 2.88. The number of nitrogens with zero attached hydrogens (tertiary/aromatic N) is 2. The second-order valence-electron chi connectivity index (χ2n) is 7.60. The summed E-state index contributed by atoms with van der Waals surface area (Å²) in [5.41, 5.74) is 3.82. The van der Waals surface area contributed by atoms with Gasteiger partial charge in [-0.3, -0.25) is 14.2 Å². The van der Waals surface area contributed by atoms with Gasteiger partial charge in [-0.15, -0.1) is 0 Å². The van der Waals surface area contributed by atoms with E-state index in [9.17, 15) is 9.59 Å². The van der Waals surface area contributed by atoms with E-state index in [-0.39, 0.29) is 11.3 Å². The smallest absolute Gasteiger partial charge is 0.266 e. The summed E-state index contributed by atoms with van der Waals surface area (Å²) in [6, 6.07) is 34.0. The van der Waals surface area contributed by atoms with Crippen molar-refractivity contribution in [3.8, 4) is 16.8 Å². The van der Waals surface area contributed by atoms with Gasteiger partial charge in [-0.1, -0.05) is 84.9 Å². The summed E-state index contributed by atoms with van der Waals surface area (Å²) >= 11 is 0. The quantitative estimate of drug-likeness (QED) is 0.257. The zero-order valence-electron chi connectivity index (χ0n) is 17.8. The molecule has 33 heavy (non-hydrogen) atoms. The van der Waals surface area contributed by atoms with Crippen molar-refractivity contribution in [1.29, 1.82) is 0 Å². The number of allylic oxidation sites excluding steroid dienone is 1. The second-order valence-corrected chi connectivity index (χ2v) is 7.60. The van der Waals surface area contributed by atoms with E-state index in [2.05, 4.69) is 4.98 Å². The first-order valence-electron chi connectivity index (χ1n) is 10.7. The molecule has 0 saturated carbocycles. The fourth-order valence-electron chi connectivity index (χ4n) is 3.79. The van der Waals surface area contributed by atoms with Crippen molar-refractivity contribution in [3.63, 3.8) is 0 Å². The second kappa shape index (κ2) is 8.89. The van der Waals surface area contributed by atoms with E-state index in [0.717, 1.165) is 11.1 Å². The standard InChI is InChI=1S/C29H20N2O2/c32-27(23-17-15-22(16-18-23)21-9-3-1-4-10-21)19-20-28-30-26-14-8-7-13-25(26)29(33)31(28)24-11-5-2-6-12-24/h1-20H/b20-19+. The Kier molecular flexibility index (Phi) is 5.48. The minimum atomic E-state index is -0.175. The van der Waals surface area contributed by atoms with Gasteiger partial charge in [0.15, 0.2) is 5.78 Å². The van der Waals surface area contributed by atoms with Gasteiger partial charge < -0.3 is 0 Å². The van der Waals surface area contributed by atoms with Gasteiger partial charge in [-0.2, -0.15) is 0 Å². The molecule has 0 fully saturated rings. The molecule has 158 valence electrons. The third-order valence-corrected chi connectivity index (χ3v) is 5.48. The number of para-hydroxylation sites is 2. The van der Waals surface area contributed by atoms with Crippen molar-refractivity contribution in [2.45, 2.75) is 0 Å². The van der Waals surface area contributed by atoms with Crippen molar-refractivity contribution < 1.29 is 4.79 Å². The van der Waals surface area contributed by atoms with Gasteiger partial charge in [0.2, 0.25) is 0 Å². The molecule has 0 N–H and O–H groups in total. The van der Waals surface area contributed by atoms with Crippen LogP contribution in [0.5, 0.6) is 0 Å². The van der Waals surface area contributed by atoms with Crippen molar-refractivity contribution in [2.24, 2.45) is 0 Å². The van der Waals surface area contributed by atoms with Gasteiger partial charge in [-0.05, 0) is 47.5 Å². The molecule has 0 aliphatic heterocycles. The molecule has 0 radical (unpaired) electrons. The largest absolute Gasteiger partial charge is 0.289 e. The Bertz CT molecular complexity index is 1520. The van der Waals surface area contributed by atoms with Crippen LogP contribution in [0.4, 0.5) is 0 Å². The fraction of sp³-hybridized carbons (Fsp3) is 0. The molecule has 4 aromatic carbocycles. The Balaban J connectivity index is 1.51. The number of ketones is 1. The molecule has 0 aliphatic rings. The number of carbonyl (C=O) groups excluding carboxylic acids is 1. The summed E-state index contributed by atoms with van der Waals surface area (Å²) in [6.45, 7) is 0. The molecule has 4 heteroatoms. The number of fused-ring (bicyclic) bond motifs is 1. The monoisotopic (exact) mass is 428 g/mol. The minimum Gasteiger partial charge on any atom is -0.289 e. The van der Waals surface area contributed by atoms with Crippen LogP contribution in [0.3, 0.4) is 0 Å². The first-order chi connectivity index (χ1) is 16.2. The van der Waals surface area contributed by atoms with Crippen LogP contribution in [0.2, 0.25) is 0 Å². The van der Waals surface area contributed by atoms with Crippen LogP contribution in [0.25, 0.3) is 33.8 Å². The highest BCUT2D eigenvalue weighted by atomic mass is 16.1. The van der Waals surface area contributed by atoms with Gasteiger partial charge in [0.1, 0.15) is 5.82 Å². The summed E-state index contributed by atoms with van der Waals surface area (Å²) in [7, 11) is 0. The number of rotatable bonds is 5. The van der Waals surface area contributed by atoms with Gasteiger partial charge >= 0.3 is 0 Å². The van der Waals surface area contributed by atoms with E-state index in [1.54, 1.807) is 18.2 Å². The highest BCUT2D eigenvalue weighted by Crippen LogP contribution is 2.20. The maximum atomic E-state index is 13.2. The third-order valence-electron chi connectivity index (χ3n) is 5.48. The highest BCUT2D eigenvalue weighted by molar-refractivity contribution is 6.07. The molecule has 0 spiro atoms. The molecule has 0 aliphatic carbocycles. The topological polar surface area (TPSA) is 52.0 Å².